The Balaban J connectivity index is 2.16. The maximum atomic E-state index is 11.5. The molecule has 0 bridgehead atoms. The second-order valence-corrected chi connectivity index (χ2v) is 5.79. The molecule has 0 aliphatic carbocycles. The largest absolute Gasteiger partial charge is 0.456 e. The minimum absolute atomic E-state index is 0.0608. The Morgan fingerprint density at radius 3 is 2.08 bits per heavy atom. The number of carbonyl (C=O) groups excluding carboxylic acids is 3. The molecular weight excluding hydrogens is 344 g/mol. The highest BCUT2D eigenvalue weighted by atomic mass is 16.7. The molecule has 1 aromatic rings. The van der Waals surface area contributed by atoms with E-state index in [4.69, 9.17) is 23.7 Å². The predicted molar refractivity (Wildman–Crippen MR) is 87.6 cm³/mol. The molecule has 1 heterocycles. The first-order valence-electron chi connectivity index (χ1n) is 8.15. The van der Waals surface area contributed by atoms with Gasteiger partial charge in [-0.25, -0.2) is 0 Å². The molecule has 0 aromatic heterocycles. The van der Waals surface area contributed by atoms with Gasteiger partial charge < -0.3 is 23.7 Å². The van der Waals surface area contributed by atoms with Crippen molar-refractivity contribution >= 4 is 17.9 Å². The number of hydrogen-bond acceptors (Lipinski definition) is 8. The Hall–Kier alpha value is -2.45. The monoisotopic (exact) mass is 366 g/mol. The lowest BCUT2D eigenvalue weighted by Gasteiger charge is -2.40. The van der Waals surface area contributed by atoms with Gasteiger partial charge in [-0.05, 0) is 5.56 Å². The van der Waals surface area contributed by atoms with Crippen LogP contribution in [0.25, 0.3) is 0 Å². The first-order chi connectivity index (χ1) is 12.4. The van der Waals surface area contributed by atoms with Crippen molar-refractivity contribution in [2.75, 3.05) is 6.61 Å². The lowest BCUT2D eigenvalue weighted by Crippen LogP contribution is -2.58. The van der Waals surface area contributed by atoms with Gasteiger partial charge in [0.25, 0.3) is 0 Å². The highest BCUT2D eigenvalue weighted by Gasteiger charge is 2.47. The first kappa shape index (κ1) is 19.9. The van der Waals surface area contributed by atoms with E-state index in [-0.39, 0.29) is 13.2 Å². The summed E-state index contributed by atoms with van der Waals surface area (Å²) in [6.45, 7) is 3.80. The molecule has 0 radical (unpaired) electrons. The van der Waals surface area contributed by atoms with E-state index in [1.807, 2.05) is 30.3 Å². The van der Waals surface area contributed by atoms with Gasteiger partial charge in [-0.3, -0.25) is 14.4 Å². The number of rotatable bonds is 6. The second-order valence-electron chi connectivity index (χ2n) is 5.79. The third-order valence-electron chi connectivity index (χ3n) is 3.56. The zero-order valence-electron chi connectivity index (χ0n) is 14.9. The Labute approximate surface area is 151 Å². The molecule has 0 saturated carbocycles. The Bertz CT molecular complexity index is 629. The molecule has 8 heteroatoms. The highest BCUT2D eigenvalue weighted by molar-refractivity contribution is 5.68. The summed E-state index contributed by atoms with van der Waals surface area (Å²) < 4.78 is 26.9. The molecule has 1 saturated heterocycles. The second kappa shape index (κ2) is 9.30. The maximum absolute atomic E-state index is 11.5. The van der Waals surface area contributed by atoms with Crippen molar-refractivity contribution in [2.45, 2.75) is 52.0 Å². The summed E-state index contributed by atoms with van der Waals surface area (Å²) >= 11 is 0. The Morgan fingerprint density at radius 2 is 1.50 bits per heavy atom. The van der Waals surface area contributed by atoms with Crippen LogP contribution in [0, 0.1) is 0 Å². The van der Waals surface area contributed by atoms with E-state index in [2.05, 4.69) is 0 Å². The van der Waals surface area contributed by atoms with Crippen molar-refractivity contribution in [1.82, 2.24) is 0 Å². The van der Waals surface area contributed by atoms with E-state index in [1.54, 1.807) is 0 Å². The van der Waals surface area contributed by atoms with Crippen LogP contribution in [0.2, 0.25) is 0 Å². The van der Waals surface area contributed by atoms with E-state index in [0.717, 1.165) is 5.56 Å². The molecule has 0 amide bonds. The molecule has 142 valence electrons. The zero-order valence-corrected chi connectivity index (χ0v) is 14.9. The van der Waals surface area contributed by atoms with Gasteiger partial charge in [-0.15, -0.1) is 0 Å². The minimum Gasteiger partial charge on any atom is -0.456 e. The smallest absolute Gasteiger partial charge is 0.303 e. The summed E-state index contributed by atoms with van der Waals surface area (Å²) in [5, 5.41) is 0. The fourth-order valence-electron chi connectivity index (χ4n) is 2.60. The molecule has 0 unspecified atom stereocenters. The van der Waals surface area contributed by atoms with Gasteiger partial charge in [0.15, 0.2) is 24.6 Å². The van der Waals surface area contributed by atoms with Gasteiger partial charge in [-0.1, -0.05) is 30.3 Å². The Kier molecular flexibility index (Phi) is 7.11. The Morgan fingerprint density at radius 1 is 0.923 bits per heavy atom. The normalized spacial score (nSPS) is 25.2. The number of carbonyl (C=O) groups is 3. The van der Waals surface area contributed by atoms with Gasteiger partial charge in [0.1, 0.15) is 0 Å². The molecule has 26 heavy (non-hydrogen) atoms. The van der Waals surface area contributed by atoms with Crippen LogP contribution in [0.4, 0.5) is 0 Å². The molecule has 1 aromatic carbocycles. The van der Waals surface area contributed by atoms with Gasteiger partial charge in [0.05, 0.1) is 13.2 Å². The van der Waals surface area contributed by atoms with Crippen LogP contribution < -0.4 is 0 Å². The quantitative estimate of drug-likeness (QED) is 0.550. The van der Waals surface area contributed by atoms with Gasteiger partial charge >= 0.3 is 17.9 Å². The van der Waals surface area contributed by atoms with Crippen molar-refractivity contribution in [1.29, 1.82) is 0 Å². The molecule has 2 rings (SSSR count). The SMILES string of the molecule is CC(=O)O[C@H]1[C@H](OCc2ccccc2)OC[C@H](OC(C)=O)[C@H]1OC(C)=O. The maximum Gasteiger partial charge on any atom is 0.303 e. The molecule has 0 N–H and O–H groups in total. The van der Waals surface area contributed by atoms with E-state index < -0.39 is 42.5 Å². The van der Waals surface area contributed by atoms with Crippen LogP contribution in [0.1, 0.15) is 26.3 Å². The van der Waals surface area contributed by atoms with E-state index in [0.29, 0.717) is 0 Å². The summed E-state index contributed by atoms with van der Waals surface area (Å²) in [6.07, 6.45) is -3.99. The summed E-state index contributed by atoms with van der Waals surface area (Å²) in [6, 6.07) is 9.34. The van der Waals surface area contributed by atoms with Gasteiger partial charge in [0, 0.05) is 20.8 Å². The molecular formula is C18H22O8. The van der Waals surface area contributed by atoms with Crippen molar-refractivity contribution in [3.05, 3.63) is 35.9 Å². The van der Waals surface area contributed by atoms with Crippen LogP contribution in [0.5, 0.6) is 0 Å². The topological polar surface area (TPSA) is 97.4 Å². The number of hydrogen-bond donors (Lipinski definition) is 0. The molecule has 1 fully saturated rings. The first-order valence-corrected chi connectivity index (χ1v) is 8.15. The van der Waals surface area contributed by atoms with Crippen LogP contribution >= 0.6 is 0 Å². The van der Waals surface area contributed by atoms with Crippen LogP contribution in [-0.4, -0.2) is 49.1 Å². The van der Waals surface area contributed by atoms with E-state index >= 15 is 0 Å². The van der Waals surface area contributed by atoms with Crippen LogP contribution in [0.3, 0.4) is 0 Å². The van der Waals surface area contributed by atoms with Crippen LogP contribution in [0.15, 0.2) is 30.3 Å². The summed E-state index contributed by atoms with van der Waals surface area (Å²) in [7, 11) is 0. The standard InChI is InChI=1S/C18H22O8/c1-11(19)24-15-10-23-18(22-9-14-7-5-4-6-8-14)17(26-13(3)21)16(15)25-12(2)20/h4-8,15-18H,9-10H2,1-3H3/t15-,16+,17+,18+/m0/s1. The number of esters is 3. The van der Waals surface area contributed by atoms with E-state index in [9.17, 15) is 14.4 Å². The fourth-order valence-corrected chi connectivity index (χ4v) is 2.60. The summed E-state index contributed by atoms with van der Waals surface area (Å²) in [4.78, 5) is 34.3. The third-order valence-corrected chi connectivity index (χ3v) is 3.56. The number of ether oxygens (including phenoxy) is 5. The van der Waals surface area contributed by atoms with Gasteiger partial charge in [0.2, 0.25) is 0 Å². The minimum atomic E-state index is -1.07. The van der Waals surface area contributed by atoms with E-state index in [1.165, 1.54) is 20.8 Å². The van der Waals surface area contributed by atoms with Crippen molar-refractivity contribution < 1.29 is 38.1 Å². The highest BCUT2D eigenvalue weighted by Crippen LogP contribution is 2.26. The van der Waals surface area contributed by atoms with Crippen molar-refractivity contribution in [2.24, 2.45) is 0 Å². The zero-order chi connectivity index (χ0) is 19.1. The average molecular weight is 366 g/mol. The lowest BCUT2D eigenvalue weighted by atomic mass is 10.0. The molecule has 1 aliphatic heterocycles. The average Bonchev–Trinajstić information content (AvgIpc) is 2.56. The van der Waals surface area contributed by atoms with Crippen molar-refractivity contribution in [3.63, 3.8) is 0 Å². The molecule has 4 atom stereocenters. The predicted octanol–water partition coefficient (Wildman–Crippen LogP) is 1.35. The number of benzene rings is 1. The summed E-state index contributed by atoms with van der Waals surface area (Å²) in [5.74, 6) is -1.78. The summed E-state index contributed by atoms with van der Waals surface area (Å²) in [5.41, 5.74) is 0.892. The fraction of sp³-hybridized carbons (Fsp3) is 0.500. The lowest BCUT2D eigenvalue weighted by molar-refractivity contribution is -0.283. The van der Waals surface area contributed by atoms with Crippen molar-refractivity contribution in [3.8, 4) is 0 Å². The third kappa shape index (κ3) is 5.82. The molecule has 8 nitrogen and oxygen atoms in total. The molecule has 1 aliphatic rings. The molecule has 0 spiro atoms. The van der Waals surface area contributed by atoms with Crippen LogP contribution in [-0.2, 0) is 44.7 Å². The van der Waals surface area contributed by atoms with Gasteiger partial charge in [-0.2, -0.15) is 0 Å².